The van der Waals surface area contributed by atoms with E-state index in [0.29, 0.717) is 6.04 Å². The molecule has 1 fully saturated rings. The molecular weight excluding hydrogens is 262 g/mol. The minimum absolute atomic E-state index is 0.636. The third-order valence-corrected chi connectivity index (χ3v) is 5.51. The molecule has 3 unspecified atom stereocenters. The fourth-order valence-electron chi connectivity index (χ4n) is 3.44. The second-order valence-corrected chi connectivity index (χ2v) is 7.81. The number of benzene rings is 1. The van der Waals surface area contributed by atoms with Gasteiger partial charge in [-0.25, -0.2) is 0 Å². The van der Waals surface area contributed by atoms with Gasteiger partial charge in [0.2, 0.25) is 0 Å². The van der Waals surface area contributed by atoms with Crippen molar-refractivity contribution in [3.8, 4) is 0 Å². The first kappa shape index (κ1) is 15.8. The summed E-state index contributed by atoms with van der Waals surface area (Å²) in [4.78, 5) is 1.40. The maximum absolute atomic E-state index is 3.88. The Morgan fingerprint density at radius 1 is 1.25 bits per heavy atom. The van der Waals surface area contributed by atoms with Crippen LogP contribution in [0.4, 0.5) is 5.69 Å². The second kappa shape index (κ2) is 7.40. The molecule has 1 aromatic carbocycles. The SMILES string of the molecule is CCSc1ccccc1NC1CC(C)CCC1C(C)C. The lowest BCUT2D eigenvalue weighted by Gasteiger charge is -2.38. The van der Waals surface area contributed by atoms with E-state index in [9.17, 15) is 0 Å². The average Bonchev–Trinajstić information content (AvgIpc) is 2.41. The summed E-state index contributed by atoms with van der Waals surface area (Å²) in [5, 5.41) is 3.88. The highest BCUT2D eigenvalue weighted by Gasteiger charge is 2.30. The van der Waals surface area contributed by atoms with Crippen molar-refractivity contribution < 1.29 is 0 Å². The molecule has 20 heavy (non-hydrogen) atoms. The Morgan fingerprint density at radius 3 is 2.70 bits per heavy atom. The first-order chi connectivity index (χ1) is 9.61. The first-order valence-corrected chi connectivity index (χ1v) is 9.08. The van der Waals surface area contributed by atoms with Gasteiger partial charge in [-0.3, -0.25) is 0 Å². The summed E-state index contributed by atoms with van der Waals surface area (Å²) in [6.07, 6.45) is 4.08. The molecule has 0 radical (unpaired) electrons. The summed E-state index contributed by atoms with van der Waals surface area (Å²) in [5.74, 6) is 3.57. The molecule has 0 aliphatic heterocycles. The fourth-order valence-corrected chi connectivity index (χ4v) is 4.20. The molecule has 0 heterocycles. The fraction of sp³-hybridized carbons (Fsp3) is 0.667. The van der Waals surface area contributed by atoms with Crippen LogP contribution in [-0.4, -0.2) is 11.8 Å². The molecule has 1 saturated carbocycles. The van der Waals surface area contributed by atoms with Crippen molar-refractivity contribution in [3.05, 3.63) is 24.3 Å². The number of anilines is 1. The Labute approximate surface area is 128 Å². The van der Waals surface area contributed by atoms with Crippen LogP contribution in [0, 0.1) is 17.8 Å². The molecule has 0 amide bonds. The minimum Gasteiger partial charge on any atom is -0.381 e. The largest absolute Gasteiger partial charge is 0.381 e. The minimum atomic E-state index is 0.636. The van der Waals surface area contributed by atoms with Crippen LogP contribution in [0.15, 0.2) is 29.2 Å². The van der Waals surface area contributed by atoms with E-state index >= 15 is 0 Å². The van der Waals surface area contributed by atoms with E-state index in [2.05, 4.69) is 57.3 Å². The molecule has 3 atom stereocenters. The van der Waals surface area contributed by atoms with Crippen LogP contribution >= 0.6 is 11.8 Å². The van der Waals surface area contributed by atoms with E-state index in [0.717, 1.165) is 23.5 Å². The van der Waals surface area contributed by atoms with Crippen LogP contribution in [0.2, 0.25) is 0 Å². The van der Waals surface area contributed by atoms with Gasteiger partial charge in [0.25, 0.3) is 0 Å². The molecule has 1 aliphatic rings. The molecule has 1 nitrogen and oxygen atoms in total. The van der Waals surface area contributed by atoms with Crippen LogP contribution in [0.3, 0.4) is 0 Å². The van der Waals surface area contributed by atoms with E-state index in [-0.39, 0.29) is 0 Å². The van der Waals surface area contributed by atoms with Crippen molar-refractivity contribution in [1.82, 2.24) is 0 Å². The third-order valence-electron chi connectivity index (χ3n) is 4.55. The molecule has 2 heteroatoms. The van der Waals surface area contributed by atoms with Gasteiger partial charge >= 0.3 is 0 Å². The zero-order valence-electron chi connectivity index (χ0n) is 13.4. The van der Waals surface area contributed by atoms with Crippen molar-refractivity contribution in [2.45, 2.75) is 57.9 Å². The quantitative estimate of drug-likeness (QED) is 0.701. The van der Waals surface area contributed by atoms with Crippen molar-refractivity contribution in [2.24, 2.45) is 17.8 Å². The van der Waals surface area contributed by atoms with Crippen LogP contribution in [0.5, 0.6) is 0 Å². The predicted molar refractivity (Wildman–Crippen MR) is 91.6 cm³/mol. The van der Waals surface area contributed by atoms with Crippen molar-refractivity contribution >= 4 is 17.4 Å². The normalized spacial score (nSPS) is 26.8. The molecular formula is C18H29NS. The highest BCUT2D eigenvalue weighted by atomic mass is 32.2. The van der Waals surface area contributed by atoms with E-state index in [4.69, 9.17) is 0 Å². The lowest BCUT2D eigenvalue weighted by atomic mass is 9.74. The van der Waals surface area contributed by atoms with Gasteiger partial charge in [0.05, 0.1) is 0 Å². The smallest absolute Gasteiger partial charge is 0.0480 e. The lowest BCUT2D eigenvalue weighted by Crippen LogP contribution is -2.37. The maximum atomic E-state index is 3.88. The highest BCUT2D eigenvalue weighted by Crippen LogP contribution is 2.37. The van der Waals surface area contributed by atoms with Crippen LogP contribution in [0.1, 0.15) is 47.0 Å². The lowest BCUT2D eigenvalue weighted by molar-refractivity contribution is 0.212. The molecule has 0 spiro atoms. The van der Waals surface area contributed by atoms with Crippen LogP contribution < -0.4 is 5.32 Å². The Hall–Kier alpha value is -0.630. The summed E-state index contributed by atoms with van der Waals surface area (Å²) in [7, 11) is 0. The Morgan fingerprint density at radius 2 is 2.00 bits per heavy atom. The number of hydrogen-bond acceptors (Lipinski definition) is 2. The van der Waals surface area contributed by atoms with Crippen molar-refractivity contribution in [3.63, 3.8) is 0 Å². The van der Waals surface area contributed by atoms with E-state index in [1.807, 2.05) is 11.8 Å². The summed E-state index contributed by atoms with van der Waals surface area (Å²) in [6, 6.07) is 9.42. The van der Waals surface area contributed by atoms with E-state index in [1.165, 1.54) is 29.8 Å². The summed E-state index contributed by atoms with van der Waals surface area (Å²) < 4.78 is 0. The standard InChI is InChI=1S/C18H29NS/c1-5-20-18-9-7-6-8-16(18)19-17-12-14(4)10-11-15(17)13(2)3/h6-9,13-15,17,19H,5,10-12H2,1-4H3. The number of para-hydroxylation sites is 1. The van der Waals surface area contributed by atoms with Crippen LogP contribution in [-0.2, 0) is 0 Å². The molecule has 2 rings (SSSR count). The Balaban J connectivity index is 2.13. The molecule has 1 aromatic rings. The number of nitrogens with one attached hydrogen (secondary N) is 1. The molecule has 0 bridgehead atoms. The molecule has 1 N–H and O–H groups in total. The Kier molecular flexibility index (Phi) is 5.83. The highest BCUT2D eigenvalue weighted by molar-refractivity contribution is 7.99. The molecule has 1 aliphatic carbocycles. The van der Waals surface area contributed by atoms with Gasteiger partial charge in [0.1, 0.15) is 0 Å². The maximum Gasteiger partial charge on any atom is 0.0480 e. The summed E-state index contributed by atoms with van der Waals surface area (Å²) >= 11 is 1.94. The van der Waals surface area contributed by atoms with Crippen molar-refractivity contribution in [1.29, 1.82) is 0 Å². The third kappa shape index (κ3) is 3.94. The van der Waals surface area contributed by atoms with Crippen LogP contribution in [0.25, 0.3) is 0 Å². The van der Waals surface area contributed by atoms with Gasteiger partial charge in [-0.2, -0.15) is 0 Å². The van der Waals surface area contributed by atoms with Crippen molar-refractivity contribution in [2.75, 3.05) is 11.1 Å². The van der Waals surface area contributed by atoms with E-state index in [1.54, 1.807) is 0 Å². The zero-order valence-corrected chi connectivity index (χ0v) is 14.2. The topological polar surface area (TPSA) is 12.0 Å². The monoisotopic (exact) mass is 291 g/mol. The zero-order chi connectivity index (χ0) is 14.5. The first-order valence-electron chi connectivity index (χ1n) is 8.10. The van der Waals surface area contributed by atoms with Gasteiger partial charge in [0.15, 0.2) is 0 Å². The number of hydrogen-bond donors (Lipinski definition) is 1. The number of rotatable bonds is 5. The van der Waals surface area contributed by atoms with Gasteiger partial charge in [-0.05, 0) is 48.5 Å². The molecule has 112 valence electrons. The average molecular weight is 292 g/mol. The summed E-state index contributed by atoms with van der Waals surface area (Å²) in [6.45, 7) is 9.38. The second-order valence-electron chi connectivity index (χ2n) is 6.51. The van der Waals surface area contributed by atoms with Gasteiger partial charge in [0, 0.05) is 16.6 Å². The van der Waals surface area contributed by atoms with E-state index < -0.39 is 0 Å². The molecule has 0 saturated heterocycles. The Bertz CT molecular complexity index is 416. The molecule has 0 aromatic heterocycles. The summed E-state index contributed by atoms with van der Waals surface area (Å²) in [5.41, 5.74) is 1.34. The number of thioether (sulfide) groups is 1. The predicted octanol–water partition coefficient (Wildman–Crippen LogP) is 5.67. The van der Waals surface area contributed by atoms with Gasteiger partial charge < -0.3 is 5.32 Å². The van der Waals surface area contributed by atoms with Gasteiger partial charge in [-0.15, -0.1) is 11.8 Å². The van der Waals surface area contributed by atoms with Gasteiger partial charge in [-0.1, -0.05) is 46.2 Å².